The first kappa shape index (κ1) is 17.5. The highest BCUT2D eigenvalue weighted by molar-refractivity contribution is 5.90. The predicted octanol–water partition coefficient (Wildman–Crippen LogP) is 1.25. The lowest BCUT2D eigenvalue weighted by Gasteiger charge is -2.28. The van der Waals surface area contributed by atoms with Crippen LogP contribution in [0.15, 0.2) is 30.3 Å². The monoisotopic (exact) mass is 321 g/mol. The minimum absolute atomic E-state index is 0.161. The maximum Gasteiger partial charge on any atom is 0.328 e. The number of nitrogens with zero attached hydrogens (tertiary/aromatic N) is 1. The fourth-order valence-corrected chi connectivity index (χ4v) is 2.50. The Hall–Kier alpha value is -1.89. The molecule has 1 atom stereocenters. The molecule has 0 amide bonds. The number of allylic oxidation sites excluding steroid dienone is 1. The summed E-state index contributed by atoms with van der Waals surface area (Å²) in [7, 11) is 0. The summed E-state index contributed by atoms with van der Waals surface area (Å²) in [6.45, 7) is 5.43. The summed E-state index contributed by atoms with van der Waals surface area (Å²) in [6, 6.07) is 7.22. The predicted molar refractivity (Wildman–Crippen MR) is 86.5 cm³/mol. The number of carboxylic acid groups (broad SMARTS) is 1. The molecule has 126 valence electrons. The number of hydrogen-bond donors (Lipinski definition) is 2. The van der Waals surface area contributed by atoms with Crippen molar-refractivity contribution < 1.29 is 24.5 Å². The van der Waals surface area contributed by atoms with Gasteiger partial charge in [-0.05, 0) is 18.6 Å². The molecule has 1 aliphatic heterocycles. The van der Waals surface area contributed by atoms with E-state index in [0.29, 0.717) is 36.6 Å². The van der Waals surface area contributed by atoms with Crippen LogP contribution in [0.5, 0.6) is 5.75 Å². The lowest BCUT2D eigenvalue weighted by atomic mass is 10.1. The standard InChI is InChI=1S/C17H23NO5/c1-13(10-17(20)21)15-4-2-3-5-16(15)23-12-14(19)11-18-6-8-22-9-7-18/h2-5,10,14,19H,6-9,11-12H2,1H3,(H,20,21). The van der Waals surface area contributed by atoms with E-state index in [0.717, 1.165) is 19.2 Å². The van der Waals surface area contributed by atoms with E-state index in [9.17, 15) is 9.90 Å². The minimum Gasteiger partial charge on any atom is -0.490 e. The number of aliphatic hydroxyl groups is 1. The van der Waals surface area contributed by atoms with Gasteiger partial charge in [0, 0.05) is 31.3 Å². The van der Waals surface area contributed by atoms with Gasteiger partial charge in [0.2, 0.25) is 0 Å². The smallest absolute Gasteiger partial charge is 0.328 e. The molecule has 1 saturated heterocycles. The number of aliphatic carboxylic acids is 1. The van der Waals surface area contributed by atoms with Crippen molar-refractivity contribution >= 4 is 11.5 Å². The first-order valence-electron chi connectivity index (χ1n) is 7.68. The molecule has 0 aromatic heterocycles. The number of aliphatic hydroxyl groups excluding tert-OH is 1. The number of benzene rings is 1. The van der Waals surface area contributed by atoms with Crippen LogP contribution < -0.4 is 4.74 Å². The van der Waals surface area contributed by atoms with Gasteiger partial charge in [0.05, 0.1) is 13.2 Å². The molecule has 0 aliphatic carbocycles. The molecule has 6 heteroatoms. The Kier molecular flexibility index (Phi) is 6.58. The summed E-state index contributed by atoms with van der Waals surface area (Å²) in [6.07, 6.45) is 0.539. The normalized spacial score (nSPS) is 17.7. The topological polar surface area (TPSA) is 79.2 Å². The van der Waals surface area contributed by atoms with E-state index >= 15 is 0 Å². The fourth-order valence-electron chi connectivity index (χ4n) is 2.50. The Bertz CT molecular complexity index is 552. The van der Waals surface area contributed by atoms with Crippen molar-refractivity contribution in [1.82, 2.24) is 4.90 Å². The summed E-state index contributed by atoms with van der Waals surface area (Å²) < 4.78 is 11.0. The molecule has 1 aromatic carbocycles. The van der Waals surface area contributed by atoms with Crippen molar-refractivity contribution in [3.05, 3.63) is 35.9 Å². The Morgan fingerprint density at radius 3 is 2.78 bits per heavy atom. The van der Waals surface area contributed by atoms with Crippen LogP contribution in [-0.2, 0) is 9.53 Å². The summed E-state index contributed by atoms with van der Waals surface area (Å²) in [4.78, 5) is 12.9. The quantitative estimate of drug-likeness (QED) is 0.736. The van der Waals surface area contributed by atoms with Gasteiger partial charge in [0.15, 0.2) is 0 Å². The zero-order chi connectivity index (χ0) is 16.7. The summed E-state index contributed by atoms with van der Waals surface area (Å²) >= 11 is 0. The fraction of sp³-hybridized carbons (Fsp3) is 0.471. The highest BCUT2D eigenvalue weighted by atomic mass is 16.5. The molecule has 0 spiro atoms. The van der Waals surface area contributed by atoms with E-state index in [1.165, 1.54) is 0 Å². The van der Waals surface area contributed by atoms with E-state index in [1.807, 2.05) is 12.1 Å². The van der Waals surface area contributed by atoms with Crippen LogP contribution in [-0.4, -0.2) is 66.6 Å². The van der Waals surface area contributed by atoms with E-state index in [-0.39, 0.29) is 6.61 Å². The second-order valence-electron chi connectivity index (χ2n) is 5.54. The average Bonchev–Trinajstić information content (AvgIpc) is 2.53. The third-order valence-electron chi connectivity index (χ3n) is 3.66. The molecule has 23 heavy (non-hydrogen) atoms. The van der Waals surface area contributed by atoms with Gasteiger partial charge in [0.1, 0.15) is 18.5 Å². The van der Waals surface area contributed by atoms with Crippen LogP contribution in [0, 0.1) is 0 Å². The second-order valence-corrected chi connectivity index (χ2v) is 5.54. The van der Waals surface area contributed by atoms with Crippen LogP contribution in [0.1, 0.15) is 12.5 Å². The van der Waals surface area contributed by atoms with Crippen LogP contribution in [0.4, 0.5) is 0 Å². The zero-order valence-electron chi connectivity index (χ0n) is 13.3. The van der Waals surface area contributed by atoms with Crippen molar-refractivity contribution in [1.29, 1.82) is 0 Å². The van der Waals surface area contributed by atoms with Crippen LogP contribution in [0.2, 0.25) is 0 Å². The maximum absolute atomic E-state index is 10.8. The van der Waals surface area contributed by atoms with Gasteiger partial charge >= 0.3 is 5.97 Å². The zero-order valence-corrected chi connectivity index (χ0v) is 13.3. The van der Waals surface area contributed by atoms with Gasteiger partial charge in [-0.25, -0.2) is 4.79 Å². The minimum atomic E-state index is -0.996. The molecule has 1 unspecified atom stereocenters. The van der Waals surface area contributed by atoms with Crippen molar-refractivity contribution in [2.24, 2.45) is 0 Å². The number of ether oxygens (including phenoxy) is 2. The Balaban J connectivity index is 1.93. The Labute approximate surface area is 135 Å². The first-order valence-corrected chi connectivity index (χ1v) is 7.68. The molecule has 2 rings (SSSR count). The summed E-state index contributed by atoms with van der Waals surface area (Å²) in [5.41, 5.74) is 1.32. The molecule has 2 N–H and O–H groups in total. The van der Waals surface area contributed by atoms with E-state index < -0.39 is 12.1 Å². The molecular formula is C17H23NO5. The highest BCUT2D eigenvalue weighted by Crippen LogP contribution is 2.25. The number of hydrogen-bond acceptors (Lipinski definition) is 5. The van der Waals surface area contributed by atoms with Crippen molar-refractivity contribution in [3.63, 3.8) is 0 Å². The first-order chi connectivity index (χ1) is 11.1. The summed E-state index contributed by atoms with van der Waals surface area (Å²) in [5.74, 6) is -0.423. The van der Waals surface area contributed by atoms with E-state index in [2.05, 4.69) is 4.90 Å². The molecule has 1 fully saturated rings. The van der Waals surface area contributed by atoms with Gasteiger partial charge < -0.3 is 19.7 Å². The van der Waals surface area contributed by atoms with Gasteiger partial charge in [0.25, 0.3) is 0 Å². The third kappa shape index (κ3) is 5.67. The van der Waals surface area contributed by atoms with Crippen molar-refractivity contribution in [3.8, 4) is 5.75 Å². The van der Waals surface area contributed by atoms with Gasteiger partial charge in [-0.15, -0.1) is 0 Å². The molecule has 0 saturated carbocycles. The van der Waals surface area contributed by atoms with Gasteiger partial charge in [-0.1, -0.05) is 18.2 Å². The lowest BCUT2D eigenvalue weighted by Crippen LogP contribution is -2.42. The Morgan fingerprint density at radius 1 is 1.39 bits per heavy atom. The number of morpholine rings is 1. The highest BCUT2D eigenvalue weighted by Gasteiger charge is 2.16. The van der Waals surface area contributed by atoms with Crippen LogP contribution in [0.25, 0.3) is 5.57 Å². The molecule has 0 bridgehead atoms. The van der Waals surface area contributed by atoms with E-state index in [1.54, 1.807) is 19.1 Å². The number of carbonyl (C=O) groups is 1. The number of β-amino-alcohol motifs (C(OH)–C–C–N with tert-alkyl or cyclic N) is 1. The Morgan fingerprint density at radius 2 is 2.09 bits per heavy atom. The second kappa shape index (κ2) is 8.67. The SMILES string of the molecule is CC(=CC(=O)O)c1ccccc1OCC(O)CN1CCOCC1. The van der Waals surface area contributed by atoms with E-state index in [4.69, 9.17) is 14.6 Å². The number of rotatable bonds is 7. The molecule has 0 radical (unpaired) electrons. The largest absolute Gasteiger partial charge is 0.490 e. The summed E-state index contributed by atoms with van der Waals surface area (Å²) in [5, 5.41) is 19.0. The van der Waals surface area contributed by atoms with Crippen molar-refractivity contribution in [2.45, 2.75) is 13.0 Å². The van der Waals surface area contributed by atoms with Crippen LogP contribution in [0.3, 0.4) is 0 Å². The molecule has 6 nitrogen and oxygen atoms in total. The molecular weight excluding hydrogens is 298 g/mol. The number of carboxylic acids is 1. The van der Waals surface area contributed by atoms with Crippen LogP contribution >= 0.6 is 0 Å². The number of para-hydroxylation sites is 1. The van der Waals surface area contributed by atoms with Crippen molar-refractivity contribution in [2.75, 3.05) is 39.5 Å². The molecule has 1 heterocycles. The third-order valence-corrected chi connectivity index (χ3v) is 3.66. The maximum atomic E-state index is 10.8. The lowest BCUT2D eigenvalue weighted by molar-refractivity contribution is -0.131. The van der Waals surface area contributed by atoms with Gasteiger partial charge in [-0.3, -0.25) is 4.90 Å². The van der Waals surface area contributed by atoms with Gasteiger partial charge in [-0.2, -0.15) is 0 Å². The average molecular weight is 321 g/mol. The molecule has 1 aromatic rings. The molecule has 1 aliphatic rings.